The first-order valence-corrected chi connectivity index (χ1v) is 6.76. The average Bonchev–Trinajstić information content (AvgIpc) is 2.36. The molecule has 0 fully saturated rings. The Kier molecular flexibility index (Phi) is 4.42. The van der Waals surface area contributed by atoms with E-state index in [1.54, 1.807) is 7.11 Å². The molecule has 0 spiro atoms. The summed E-state index contributed by atoms with van der Waals surface area (Å²) in [5, 5.41) is 0. The molecule has 0 aliphatic heterocycles. The van der Waals surface area contributed by atoms with Crippen LogP contribution in [-0.4, -0.2) is 13.7 Å². The van der Waals surface area contributed by atoms with Gasteiger partial charge in [-0.15, -0.1) is 0 Å². The van der Waals surface area contributed by atoms with Crippen molar-refractivity contribution in [1.29, 1.82) is 0 Å². The van der Waals surface area contributed by atoms with E-state index in [4.69, 9.17) is 10.6 Å². The predicted molar refractivity (Wildman–Crippen MR) is 71.2 cm³/mol. The number of nitrogens with two attached hydrogens (primary N) is 1. The van der Waals surface area contributed by atoms with Crippen molar-refractivity contribution in [2.45, 2.75) is 32.1 Å². The van der Waals surface area contributed by atoms with Crippen molar-refractivity contribution in [3.63, 3.8) is 0 Å². The zero-order valence-electron chi connectivity index (χ0n) is 10.1. The summed E-state index contributed by atoms with van der Waals surface area (Å²) in [4.78, 5) is 4.66. The van der Waals surface area contributed by atoms with Crippen molar-refractivity contribution in [3.05, 3.63) is 27.2 Å². The normalized spacial score (nSPS) is 14.5. The van der Waals surface area contributed by atoms with E-state index < -0.39 is 0 Å². The summed E-state index contributed by atoms with van der Waals surface area (Å²) in [7, 11) is 1.71. The Labute approximate surface area is 110 Å². The van der Waals surface area contributed by atoms with Crippen LogP contribution in [0, 0.1) is 0 Å². The first-order chi connectivity index (χ1) is 8.27. The molecule has 0 heterocycles. The Bertz CT molecular complexity index is 407. The van der Waals surface area contributed by atoms with E-state index in [-0.39, 0.29) is 0 Å². The highest BCUT2D eigenvalue weighted by atomic mass is 79.9. The summed E-state index contributed by atoms with van der Waals surface area (Å²) >= 11 is 3.67. The van der Waals surface area contributed by atoms with Crippen LogP contribution in [0.2, 0.25) is 0 Å². The summed E-state index contributed by atoms with van der Waals surface area (Å²) in [6.07, 6.45) is 5.62. The van der Waals surface area contributed by atoms with E-state index in [2.05, 4.69) is 26.8 Å². The summed E-state index contributed by atoms with van der Waals surface area (Å²) in [6.45, 7) is 0.515. The number of fused-ring (bicyclic) bond motifs is 1. The lowest BCUT2D eigenvalue weighted by Crippen LogP contribution is -2.09. The van der Waals surface area contributed by atoms with Crippen molar-refractivity contribution in [1.82, 2.24) is 0 Å². The molecule has 17 heavy (non-hydrogen) atoms. The molecule has 0 saturated carbocycles. The van der Waals surface area contributed by atoms with E-state index in [1.807, 2.05) is 0 Å². The van der Waals surface area contributed by atoms with Gasteiger partial charge < -0.3 is 9.57 Å². The van der Waals surface area contributed by atoms with Crippen molar-refractivity contribution in [3.8, 4) is 5.75 Å². The van der Waals surface area contributed by atoms with Crippen LogP contribution in [0.1, 0.15) is 29.5 Å². The fourth-order valence-electron chi connectivity index (χ4n) is 2.47. The molecule has 0 aromatic heterocycles. The number of benzene rings is 1. The third-order valence-corrected chi connectivity index (χ3v) is 4.15. The Morgan fingerprint density at radius 2 is 2.12 bits per heavy atom. The van der Waals surface area contributed by atoms with E-state index in [0.717, 1.165) is 29.5 Å². The summed E-state index contributed by atoms with van der Waals surface area (Å²) in [5.74, 6) is 6.02. The fourth-order valence-corrected chi connectivity index (χ4v) is 3.34. The molecule has 0 amide bonds. The number of methoxy groups -OCH3 is 1. The second-order valence-corrected chi connectivity index (χ2v) is 5.14. The fraction of sp³-hybridized carbons (Fsp3) is 0.538. The maximum Gasteiger partial charge on any atom is 0.136 e. The molecule has 0 radical (unpaired) electrons. The molecule has 0 atom stereocenters. The van der Waals surface area contributed by atoms with Gasteiger partial charge in [0, 0.05) is 6.42 Å². The molecular formula is C13H18BrNO2. The lowest BCUT2D eigenvalue weighted by atomic mass is 9.89. The largest absolute Gasteiger partial charge is 0.495 e. The van der Waals surface area contributed by atoms with Crippen LogP contribution < -0.4 is 10.6 Å². The van der Waals surface area contributed by atoms with Crippen molar-refractivity contribution in [2.24, 2.45) is 5.90 Å². The maximum atomic E-state index is 5.50. The van der Waals surface area contributed by atoms with Crippen molar-refractivity contribution in [2.75, 3.05) is 13.7 Å². The lowest BCUT2D eigenvalue weighted by molar-refractivity contribution is 0.140. The minimum absolute atomic E-state index is 0.515. The molecule has 4 heteroatoms. The molecular weight excluding hydrogens is 282 g/mol. The van der Waals surface area contributed by atoms with Crippen LogP contribution in [-0.2, 0) is 24.1 Å². The van der Waals surface area contributed by atoms with Gasteiger partial charge in [0.15, 0.2) is 0 Å². The van der Waals surface area contributed by atoms with E-state index >= 15 is 0 Å². The van der Waals surface area contributed by atoms with Gasteiger partial charge in [0.05, 0.1) is 18.2 Å². The smallest absolute Gasteiger partial charge is 0.136 e. The van der Waals surface area contributed by atoms with Crippen LogP contribution >= 0.6 is 15.9 Å². The number of hydrogen-bond acceptors (Lipinski definition) is 3. The molecule has 0 bridgehead atoms. The summed E-state index contributed by atoms with van der Waals surface area (Å²) in [5.41, 5.74) is 4.02. The number of halogens is 1. The molecule has 0 unspecified atom stereocenters. The molecule has 1 aliphatic carbocycles. The zero-order valence-corrected chi connectivity index (χ0v) is 11.7. The SMILES string of the molecule is COc1c(CCON)cc2c(c1Br)CCCC2. The zero-order chi connectivity index (χ0) is 12.3. The molecule has 0 saturated heterocycles. The minimum atomic E-state index is 0.515. The average molecular weight is 300 g/mol. The van der Waals surface area contributed by atoms with Gasteiger partial charge in [-0.25, -0.2) is 5.90 Å². The second kappa shape index (κ2) is 5.85. The van der Waals surface area contributed by atoms with Crippen molar-refractivity contribution < 1.29 is 9.57 Å². The monoisotopic (exact) mass is 299 g/mol. The highest BCUT2D eigenvalue weighted by molar-refractivity contribution is 9.10. The third-order valence-electron chi connectivity index (χ3n) is 3.31. The van der Waals surface area contributed by atoms with Gasteiger partial charge in [-0.2, -0.15) is 0 Å². The standard InChI is InChI=1S/C13H18BrNO2/c1-16-13-10(6-7-17-15)8-9-4-2-3-5-11(9)12(13)14/h8H,2-7,15H2,1H3. The van der Waals surface area contributed by atoms with Gasteiger partial charge in [-0.3, -0.25) is 0 Å². The number of aryl methyl sites for hydroxylation is 1. The molecule has 1 aliphatic rings. The second-order valence-electron chi connectivity index (χ2n) is 4.35. The highest BCUT2D eigenvalue weighted by Crippen LogP contribution is 2.38. The van der Waals surface area contributed by atoms with E-state index in [0.29, 0.717) is 6.61 Å². The van der Waals surface area contributed by atoms with Gasteiger partial charge in [0.1, 0.15) is 5.75 Å². The van der Waals surface area contributed by atoms with Crippen LogP contribution in [0.4, 0.5) is 0 Å². The third kappa shape index (κ3) is 2.64. The van der Waals surface area contributed by atoms with Gasteiger partial charge in [0.2, 0.25) is 0 Å². The van der Waals surface area contributed by atoms with Crippen LogP contribution in [0.15, 0.2) is 10.5 Å². The molecule has 2 rings (SSSR count). The van der Waals surface area contributed by atoms with Gasteiger partial charge in [0.25, 0.3) is 0 Å². The molecule has 2 N–H and O–H groups in total. The number of ether oxygens (including phenoxy) is 1. The Hall–Kier alpha value is -0.580. The quantitative estimate of drug-likeness (QED) is 0.870. The number of rotatable bonds is 4. The predicted octanol–water partition coefficient (Wildman–Crippen LogP) is 2.77. The van der Waals surface area contributed by atoms with Gasteiger partial charge in [-0.1, -0.05) is 6.07 Å². The van der Waals surface area contributed by atoms with Gasteiger partial charge >= 0.3 is 0 Å². The molecule has 94 valence electrons. The highest BCUT2D eigenvalue weighted by Gasteiger charge is 2.19. The Balaban J connectivity index is 2.40. The maximum absolute atomic E-state index is 5.50. The van der Waals surface area contributed by atoms with Crippen LogP contribution in [0.3, 0.4) is 0 Å². The van der Waals surface area contributed by atoms with E-state index in [9.17, 15) is 0 Å². The molecule has 1 aromatic carbocycles. The Morgan fingerprint density at radius 3 is 2.82 bits per heavy atom. The first kappa shape index (κ1) is 12.9. The Morgan fingerprint density at radius 1 is 1.35 bits per heavy atom. The first-order valence-electron chi connectivity index (χ1n) is 5.96. The van der Waals surface area contributed by atoms with Crippen LogP contribution in [0.25, 0.3) is 0 Å². The lowest BCUT2D eigenvalue weighted by Gasteiger charge is -2.21. The molecule has 1 aromatic rings. The molecule has 3 nitrogen and oxygen atoms in total. The topological polar surface area (TPSA) is 44.5 Å². The summed E-state index contributed by atoms with van der Waals surface area (Å²) in [6, 6.07) is 2.25. The summed E-state index contributed by atoms with van der Waals surface area (Å²) < 4.78 is 6.61. The minimum Gasteiger partial charge on any atom is -0.495 e. The van der Waals surface area contributed by atoms with Gasteiger partial charge in [-0.05, 0) is 58.3 Å². The van der Waals surface area contributed by atoms with Crippen LogP contribution in [0.5, 0.6) is 5.75 Å². The number of hydrogen-bond donors (Lipinski definition) is 1. The van der Waals surface area contributed by atoms with Crippen molar-refractivity contribution >= 4 is 15.9 Å². The van der Waals surface area contributed by atoms with E-state index in [1.165, 1.54) is 29.5 Å².